The van der Waals surface area contributed by atoms with Crippen LogP contribution >= 0.6 is 0 Å². The number of fused-ring (bicyclic) bond motifs is 14. The van der Waals surface area contributed by atoms with Crippen LogP contribution in [0.5, 0.6) is 0 Å². The Hall–Kier alpha value is -6.44. The van der Waals surface area contributed by atoms with Gasteiger partial charge in [0, 0.05) is 16.5 Å². The Morgan fingerprint density at radius 3 is 1.58 bits per heavy atom. The van der Waals surface area contributed by atoms with Crippen LogP contribution in [0.15, 0.2) is 182 Å². The van der Waals surface area contributed by atoms with Gasteiger partial charge in [-0.2, -0.15) is 0 Å². The minimum Gasteiger partial charge on any atom is -0.310 e. The Kier molecular flexibility index (Phi) is 5.98. The van der Waals surface area contributed by atoms with E-state index in [9.17, 15) is 0 Å². The second kappa shape index (κ2) is 10.6. The average molecular weight is 702 g/mol. The van der Waals surface area contributed by atoms with Gasteiger partial charge in [-0.15, -0.1) is 0 Å². The minimum atomic E-state index is -0.384. The first-order valence-corrected chi connectivity index (χ1v) is 19.6. The lowest BCUT2D eigenvalue weighted by Crippen LogP contribution is -2.40. The zero-order valence-corrected chi connectivity index (χ0v) is 31.3. The molecule has 1 spiro atoms. The summed E-state index contributed by atoms with van der Waals surface area (Å²) in [6.45, 7) is 7.20. The molecule has 1 aliphatic heterocycles. The SMILES string of the molecule is CC1(C)c2ccccc2C2(c3ccccc3-c3cc(-c4cccc(N5c6ccccc6C6(C)c7ccccc7-c7cccc5c76)c4)ccc32)c2ccccc21. The van der Waals surface area contributed by atoms with Crippen molar-refractivity contribution in [3.05, 3.63) is 232 Å². The van der Waals surface area contributed by atoms with Gasteiger partial charge in [-0.25, -0.2) is 0 Å². The van der Waals surface area contributed by atoms with Gasteiger partial charge in [0.1, 0.15) is 0 Å². The van der Waals surface area contributed by atoms with Gasteiger partial charge in [0.05, 0.1) is 16.8 Å². The highest BCUT2D eigenvalue weighted by Gasteiger charge is 2.53. The molecule has 55 heavy (non-hydrogen) atoms. The van der Waals surface area contributed by atoms with Gasteiger partial charge in [-0.3, -0.25) is 0 Å². The molecule has 3 aliphatic carbocycles. The molecule has 8 aromatic carbocycles. The third-order valence-electron chi connectivity index (χ3n) is 13.7. The maximum absolute atomic E-state index is 2.50. The van der Waals surface area contributed by atoms with Gasteiger partial charge >= 0.3 is 0 Å². The predicted octanol–water partition coefficient (Wildman–Crippen LogP) is 13.5. The molecule has 0 radical (unpaired) electrons. The van der Waals surface area contributed by atoms with E-state index in [0.717, 1.165) is 0 Å². The zero-order valence-electron chi connectivity index (χ0n) is 31.3. The van der Waals surface area contributed by atoms with Crippen molar-refractivity contribution in [2.24, 2.45) is 0 Å². The molecule has 1 nitrogen and oxygen atoms in total. The summed E-state index contributed by atoms with van der Waals surface area (Å²) in [6.07, 6.45) is 0. The highest BCUT2D eigenvalue weighted by atomic mass is 15.2. The molecule has 260 valence electrons. The van der Waals surface area contributed by atoms with Crippen LogP contribution in [-0.4, -0.2) is 0 Å². The summed E-state index contributed by atoms with van der Waals surface area (Å²) >= 11 is 0. The fourth-order valence-corrected chi connectivity index (χ4v) is 11.4. The van der Waals surface area contributed by atoms with Crippen molar-refractivity contribution in [2.75, 3.05) is 4.90 Å². The van der Waals surface area contributed by atoms with E-state index in [1.165, 1.54) is 101 Å². The van der Waals surface area contributed by atoms with Crippen LogP contribution in [0.25, 0.3) is 33.4 Å². The molecular weight excluding hydrogens is 663 g/mol. The van der Waals surface area contributed by atoms with Crippen LogP contribution in [0.1, 0.15) is 70.8 Å². The van der Waals surface area contributed by atoms with Crippen molar-refractivity contribution >= 4 is 17.1 Å². The minimum absolute atomic E-state index is 0.108. The number of hydrogen-bond donors (Lipinski definition) is 0. The van der Waals surface area contributed by atoms with E-state index in [1.807, 2.05) is 0 Å². The Bertz CT molecular complexity index is 2890. The first-order chi connectivity index (χ1) is 26.9. The van der Waals surface area contributed by atoms with Crippen molar-refractivity contribution in [1.29, 1.82) is 0 Å². The molecule has 0 aromatic heterocycles. The van der Waals surface area contributed by atoms with Crippen molar-refractivity contribution in [2.45, 2.75) is 37.0 Å². The summed E-state index contributed by atoms with van der Waals surface area (Å²) in [6, 6.07) is 68.8. The van der Waals surface area contributed by atoms with Crippen LogP contribution < -0.4 is 4.90 Å². The molecule has 1 unspecified atom stereocenters. The van der Waals surface area contributed by atoms with Crippen molar-refractivity contribution in [1.82, 2.24) is 0 Å². The summed E-state index contributed by atoms with van der Waals surface area (Å²) in [4.78, 5) is 2.50. The number of rotatable bonds is 2. The molecule has 0 bridgehead atoms. The van der Waals surface area contributed by atoms with E-state index in [-0.39, 0.29) is 16.2 Å². The summed E-state index contributed by atoms with van der Waals surface area (Å²) in [5, 5.41) is 0. The monoisotopic (exact) mass is 701 g/mol. The second-order valence-electron chi connectivity index (χ2n) is 16.5. The van der Waals surface area contributed by atoms with Gasteiger partial charge in [0.25, 0.3) is 0 Å². The molecule has 0 N–H and O–H groups in total. The molecule has 8 aromatic rings. The van der Waals surface area contributed by atoms with Crippen LogP contribution in [0.3, 0.4) is 0 Å². The second-order valence-corrected chi connectivity index (χ2v) is 16.5. The van der Waals surface area contributed by atoms with E-state index >= 15 is 0 Å². The third kappa shape index (κ3) is 3.69. The molecule has 0 saturated carbocycles. The number of benzene rings is 8. The van der Waals surface area contributed by atoms with Gasteiger partial charge in [-0.05, 0) is 121 Å². The van der Waals surface area contributed by atoms with E-state index < -0.39 is 0 Å². The molecule has 0 fully saturated rings. The van der Waals surface area contributed by atoms with Gasteiger partial charge in [0.15, 0.2) is 0 Å². The predicted molar refractivity (Wildman–Crippen MR) is 227 cm³/mol. The smallest absolute Gasteiger partial charge is 0.0719 e. The molecule has 12 rings (SSSR count). The number of anilines is 3. The van der Waals surface area contributed by atoms with E-state index in [4.69, 9.17) is 0 Å². The first kappa shape index (κ1) is 31.0. The molecule has 1 atom stereocenters. The highest BCUT2D eigenvalue weighted by molar-refractivity contribution is 5.98. The van der Waals surface area contributed by atoms with Crippen molar-refractivity contribution < 1.29 is 0 Å². The lowest BCUT2D eigenvalue weighted by Gasteiger charge is -2.46. The average Bonchev–Trinajstić information content (AvgIpc) is 3.68. The lowest BCUT2D eigenvalue weighted by molar-refractivity contribution is 0.563. The maximum atomic E-state index is 2.50. The van der Waals surface area contributed by atoms with Crippen LogP contribution in [-0.2, 0) is 16.2 Å². The van der Waals surface area contributed by atoms with Gasteiger partial charge < -0.3 is 4.90 Å². The Morgan fingerprint density at radius 1 is 0.345 bits per heavy atom. The normalized spacial score (nSPS) is 18.1. The van der Waals surface area contributed by atoms with Crippen LogP contribution in [0, 0.1) is 0 Å². The Morgan fingerprint density at radius 2 is 0.855 bits per heavy atom. The molecule has 0 saturated heterocycles. The molecule has 1 heterocycles. The largest absolute Gasteiger partial charge is 0.310 e. The molecule has 0 amide bonds. The Balaban J connectivity index is 1.05. The number of para-hydroxylation sites is 1. The van der Waals surface area contributed by atoms with Gasteiger partial charge in [0.2, 0.25) is 0 Å². The van der Waals surface area contributed by atoms with Crippen LogP contribution in [0.2, 0.25) is 0 Å². The standard InChI is InChI=1S/C54H39N/c1-52(2)44-23-8-10-25-46(44)54(47-26-11-9-24-45(47)52)42-22-7-5-19-38(42)40-33-35(30-31-43(40)54)34-16-14-17-36(32-34)55-49-28-13-12-27-48(49)53(3)41-21-6-4-18-37(41)39-20-15-29-50(55)51(39)53/h4-33H,1-3H3. The molecule has 1 heteroatoms. The topological polar surface area (TPSA) is 3.24 Å². The summed E-state index contributed by atoms with van der Waals surface area (Å²) < 4.78 is 0. The van der Waals surface area contributed by atoms with E-state index in [1.54, 1.807) is 0 Å². The zero-order chi connectivity index (χ0) is 36.7. The molecule has 4 aliphatic rings. The highest BCUT2D eigenvalue weighted by Crippen LogP contribution is 2.64. The fraction of sp³-hybridized carbons (Fsp3) is 0.111. The fourth-order valence-electron chi connectivity index (χ4n) is 11.4. The number of hydrogen-bond acceptors (Lipinski definition) is 1. The van der Waals surface area contributed by atoms with Crippen molar-refractivity contribution in [3.63, 3.8) is 0 Å². The van der Waals surface area contributed by atoms with Crippen LogP contribution in [0.4, 0.5) is 17.1 Å². The first-order valence-electron chi connectivity index (χ1n) is 19.6. The summed E-state index contributed by atoms with van der Waals surface area (Å²) in [7, 11) is 0. The number of nitrogens with zero attached hydrogens (tertiary/aromatic N) is 1. The lowest BCUT2D eigenvalue weighted by atomic mass is 9.55. The summed E-state index contributed by atoms with van der Waals surface area (Å²) in [5.41, 5.74) is 23.2. The Labute approximate surface area is 323 Å². The third-order valence-corrected chi connectivity index (χ3v) is 13.7. The quantitative estimate of drug-likeness (QED) is 0.173. The van der Waals surface area contributed by atoms with E-state index in [0.29, 0.717) is 0 Å². The summed E-state index contributed by atoms with van der Waals surface area (Å²) in [5.74, 6) is 0. The maximum Gasteiger partial charge on any atom is 0.0719 e. The van der Waals surface area contributed by atoms with Gasteiger partial charge in [-0.1, -0.05) is 166 Å². The van der Waals surface area contributed by atoms with Crippen molar-refractivity contribution in [3.8, 4) is 33.4 Å². The molecular formula is C54H39N. The van der Waals surface area contributed by atoms with E-state index in [2.05, 4.69) is 208 Å².